The van der Waals surface area contributed by atoms with Crippen LogP contribution in [0.3, 0.4) is 0 Å². The molecule has 1 fully saturated rings. The van der Waals surface area contributed by atoms with Crippen molar-refractivity contribution in [2.24, 2.45) is 0 Å². The zero-order valence-corrected chi connectivity index (χ0v) is 12.1. The van der Waals surface area contributed by atoms with E-state index in [0.717, 1.165) is 29.4 Å². The average molecular weight is 280 g/mol. The molecule has 1 heterocycles. The minimum absolute atomic E-state index is 0.0173. The maximum absolute atomic E-state index is 12.1. The number of carbonyl (C=O) groups excluding carboxylic acids is 1. The molecule has 104 valence electrons. The van der Waals surface area contributed by atoms with Crippen molar-refractivity contribution in [3.05, 3.63) is 29.8 Å². The molecule has 1 saturated heterocycles. The van der Waals surface area contributed by atoms with Crippen molar-refractivity contribution >= 4 is 17.7 Å². The summed E-state index contributed by atoms with van der Waals surface area (Å²) in [6.45, 7) is 2.89. The van der Waals surface area contributed by atoms with Crippen LogP contribution in [0, 0.1) is 0 Å². The number of hydrogen-bond acceptors (Lipinski definition) is 4. The van der Waals surface area contributed by atoms with E-state index >= 15 is 0 Å². The number of nitrogens with one attached hydrogen (secondary N) is 2. The summed E-state index contributed by atoms with van der Waals surface area (Å²) >= 11 is 1.82. The third kappa shape index (κ3) is 3.88. The molecule has 1 aliphatic heterocycles. The summed E-state index contributed by atoms with van der Waals surface area (Å²) in [5.74, 6) is 2.80. The molecule has 1 aromatic carbocycles. The highest BCUT2D eigenvalue weighted by molar-refractivity contribution is 7.99. The largest absolute Gasteiger partial charge is 0.497 e. The van der Waals surface area contributed by atoms with Crippen molar-refractivity contribution in [3.63, 3.8) is 0 Å². The molecule has 0 radical (unpaired) electrons. The molecule has 0 aromatic heterocycles. The van der Waals surface area contributed by atoms with Crippen LogP contribution in [0.1, 0.15) is 18.5 Å². The molecule has 2 rings (SSSR count). The van der Waals surface area contributed by atoms with E-state index in [4.69, 9.17) is 4.74 Å². The quantitative estimate of drug-likeness (QED) is 0.879. The first-order chi connectivity index (χ1) is 9.20. The Bertz CT molecular complexity index is 433. The van der Waals surface area contributed by atoms with Gasteiger partial charge in [-0.05, 0) is 24.6 Å². The number of carbonyl (C=O) groups is 1. The van der Waals surface area contributed by atoms with Crippen molar-refractivity contribution in [2.75, 3.05) is 25.2 Å². The van der Waals surface area contributed by atoms with E-state index < -0.39 is 0 Å². The highest BCUT2D eigenvalue weighted by atomic mass is 32.2. The Hall–Kier alpha value is -1.20. The second kappa shape index (κ2) is 6.82. The zero-order chi connectivity index (χ0) is 13.7. The molecule has 0 spiro atoms. The summed E-state index contributed by atoms with van der Waals surface area (Å²) in [6, 6.07) is 7.69. The van der Waals surface area contributed by atoms with Gasteiger partial charge in [-0.3, -0.25) is 4.79 Å². The van der Waals surface area contributed by atoms with Gasteiger partial charge in [0.25, 0.3) is 0 Å². The fraction of sp³-hybridized carbons (Fsp3) is 0.500. The molecular formula is C14H20N2O2S. The molecule has 2 atom stereocenters. The van der Waals surface area contributed by atoms with Crippen LogP contribution in [0.15, 0.2) is 24.3 Å². The van der Waals surface area contributed by atoms with E-state index in [-0.39, 0.29) is 18.0 Å². The summed E-state index contributed by atoms with van der Waals surface area (Å²) in [6.07, 6.45) is 0. The summed E-state index contributed by atoms with van der Waals surface area (Å²) in [5, 5.41) is 6.29. The van der Waals surface area contributed by atoms with Gasteiger partial charge in [0.2, 0.25) is 5.91 Å². The average Bonchev–Trinajstić information content (AvgIpc) is 2.48. The Morgan fingerprint density at radius 2 is 2.42 bits per heavy atom. The molecule has 1 unspecified atom stereocenters. The number of rotatable bonds is 4. The monoisotopic (exact) mass is 280 g/mol. The number of benzene rings is 1. The van der Waals surface area contributed by atoms with E-state index in [1.165, 1.54) is 0 Å². The smallest absolute Gasteiger partial charge is 0.238 e. The fourth-order valence-electron chi connectivity index (χ4n) is 2.04. The van der Waals surface area contributed by atoms with Crippen LogP contribution in [-0.4, -0.2) is 37.1 Å². The van der Waals surface area contributed by atoms with Gasteiger partial charge in [0.05, 0.1) is 19.2 Å². The molecule has 1 aromatic rings. The number of hydrogen-bond donors (Lipinski definition) is 2. The molecule has 1 amide bonds. The van der Waals surface area contributed by atoms with Crippen molar-refractivity contribution in [1.82, 2.24) is 10.6 Å². The number of amides is 1. The van der Waals surface area contributed by atoms with E-state index in [1.807, 2.05) is 43.0 Å². The lowest BCUT2D eigenvalue weighted by Crippen LogP contribution is -2.49. The van der Waals surface area contributed by atoms with Gasteiger partial charge in [0.1, 0.15) is 5.75 Å². The summed E-state index contributed by atoms with van der Waals surface area (Å²) in [4.78, 5) is 12.1. The summed E-state index contributed by atoms with van der Waals surface area (Å²) < 4.78 is 5.20. The van der Waals surface area contributed by atoms with Crippen LogP contribution < -0.4 is 15.4 Å². The van der Waals surface area contributed by atoms with E-state index in [1.54, 1.807) is 7.11 Å². The first-order valence-electron chi connectivity index (χ1n) is 6.46. The molecule has 0 bridgehead atoms. The normalized spacial score (nSPS) is 20.6. The minimum atomic E-state index is -0.0770. The van der Waals surface area contributed by atoms with Crippen molar-refractivity contribution in [1.29, 1.82) is 0 Å². The molecule has 0 aliphatic carbocycles. The van der Waals surface area contributed by atoms with E-state index in [0.29, 0.717) is 0 Å². The molecule has 19 heavy (non-hydrogen) atoms. The van der Waals surface area contributed by atoms with E-state index in [2.05, 4.69) is 10.6 Å². The third-order valence-corrected chi connectivity index (χ3v) is 4.25. The number of ether oxygens (including phenoxy) is 1. The Labute approximate surface area is 118 Å². The van der Waals surface area contributed by atoms with Crippen LogP contribution in [-0.2, 0) is 4.79 Å². The van der Waals surface area contributed by atoms with Crippen molar-refractivity contribution < 1.29 is 9.53 Å². The second-order valence-electron chi connectivity index (χ2n) is 4.59. The van der Waals surface area contributed by atoms with Crippen LogP contribution in [0.4, 0.5) is 0 Å². The van der Waals surface area contributed by atoms with Crippen LogP contribution in [0.2, 0.25) is 0 Å². The highest BCUT2D eigenvalue weighted by Gasteiger charge is 2.22. The van der Waals surface area contributed by atoms with E-state index in [9.17, 15) is 4.79 Å². The molecule has 5 heteroatoms. The molecule has 1 aliphatic rings. The topological polar surface area (TPSA) is 50.4 Å². The van der Waals surface area contributed by atoms with Gasteiger partial charge in [-0.1, -0.05) is 12.1 Å². The zero-order valence-electron chi connectivity index (χ0n) is 11.3. The van der Waals surface area contributed by atoms with Gasteiger partial charge >= 0.3 is 0 Å². The third-order valence-electron chi connectivity index (χ3n) is 3.19. The van der Waals surface area contributed by atoms with Gasteiger partial charge < -0.3 is 15.4 Å². The van der Waals surface area contributed by atoms with Crippen LogP contribution >= 0.6 is 11.8 Å². The van der Waals surface area contributed by atoms with Gasteiger partial charge in [-0.25, -0.2) is 0 Å². The van der Waals surface area contributed by atoms with Crippen LogP contribution in [0.5, 0.6) is 5.75 Å². The van der Waals surface area contributed by atoms with Gasteiger partial charge in [0, 0.05) is 18.1 Å². The Morgan fingerprint density at radius 1 is 1.58 bits per heavy atom. The van der Waals surface area contributed by atoms with Crippen LogP contribution in [0.25, 0.3) is 0 Å². The number of thioether (sulfide) groups is 1. The van der Waals surface area contributed by atoms with Crippen molar-refractivity contribution in [2.45, 2.75) is 19.0 Å². The fourth-order valence-corrected chi connectivity index (χ4v) is 2.98. The van der Waals surface area contributed by atoms with Gasteiger partial charge in [0.15, 0.2) is 0 Å². The molecular weight excluding hydrogens is 260 g/mol. The lowest BCUT2D eigenvalue weighted by molar-refractivity contribution is -0.123. The van der Waals surface area contributed by atoms with Gasteiger partial charge in [-0.2, -0.15) is 11.8 Å². The lowest BCUT2D eigenvalue weighted by atomic mass is 10.1. The predicted octanol–water partition coefficient (Wildman–Crippen LogP) is 1.58. The summed E-state index contributed by atoms with van der Waals surface area (Å²) in [5.41, 5.74) is 1.05. The highest BCUT2D eigenvalue weighted by Crippen LogP contribution is 2.19. The Kier molecular flexibility index (Phi) is 5.10. The SMILES string of the molecule is COc1cccc([C@H](C)NC(=O)C2CSCCN2)c1. The molecule has 0 saturated carbocycles. The Balaban J connectivity index is 1.95. The molecule has 2 N–H and O–H groups in total. The minimum Gasteiger partial charge on any atom is -0.497 e. The molecule has 4 nitrogen and oxygen atoms in total. The standard InChI is InChI=1S/C14H20N2O2S/c1-10(11-4-3-5-12(8-11)18-2)16-14(17)13-9-19-7-6-15-13/h3-5,8,10,13,15H,6-7,9H2,1-2H3,(H,16,17)/t10-,13?/m0/s1. The maximum atomic E-state index is 12.1. The predicted molar refractivity (Wildman–Crippen MR) is 78.7 cm³/mol. The summed E-state index contributed by atoms with van der Waals surface area (Å²) in [7, 11) is 1.64. The van der Waals surface area contributed by atoms with Crippen molar-refractivity contribution in [3.8, 4) is 5.75 Å². The van der Waals surface area contributed by atoms with Gasteiger partial charge in [-0.15, -0.1) is 0 Å². The second-order valence-corrected chi connectivity index (χ2v) is 5.74. The first kappa shape index (κ1) is 14.2. The Morgan fingerprint density at radius 3 is 3.11 bits per heavy atom. The first-order valence-corrected chi connectivity index (χ1v) is 7.61. The lowest BCUT2D eigenvalue weighted by Gasteiger charge is -2.24. The maximum Gasteiger partial charge on any atom is 0.238 e. The number of methoxy groups -OCH3 is 1.